The summed E-state index contributed by atoms with van der Waals surface area (Å²) in [5.41, 5.74) is 2.32. The largest absolute Gasteiger partial charge is 0.469 e. The van der Waals surface area contributed by atoms with Crippen LogP contribution in [-0.4, -0.2) is 23.0 Å². The predicted octanol–water partition coefficient (Wildman–Crippen LogP) is 1.60. The summed E-state index contributed by atoms with van der Waals surface area (Å²) in [6.07, 6.45) is 1.35. The third-order valence-electron chi connectivity index (χ3n) is 3.09. The molecule has 2 rings (SSSR count). The molecule has 0 radical (unpaired) electrons. The van der Waals surface area contributed by atoms with E-state index in [4.69, 9.17) is 4.74 Å². The fraction of sp³-hybridized carbons (Fsp3) is 0.385. The number of hydrogen-bond acceptors (Lipinski definition) is 3. The molecule has 18 heavy (non-hydrogen) atoms. The minimum absolute atomic E-state index is 0.141. The van der Waals surface area contributed by atoms with Crippen molar-refractivity contribution in [3.05, 3.63) is 34.2 Å². The van der Waals surface area contributed by atoms with Gasteiger partial charge in [-0.25, -0.2) is 4.79 Å². The first kappa shape index (κ1) is 12.4. The Morgan fingerprint density at radius 1 is 1.33 bits per heavy atom. The number of aromatic amines is 2. The Morgan fingerprint density at radius 3 is 2.72 bits per heavy atom. The molecular formula is C13H16N2O3. The van der Waals surface area contributed by atoms with Crippen molar-refractivity contribution in [1.29, 1.82) is 0 Å². The molecule has 1 aromatic carbocycles. The third-order valence-corrected chi connectivity index (χ3v) is 3.09. The van der Waals surface area contributed by atoms with Crippen molar-refractivity contribution < 1.29 is 9.53 Å². The number of ether oxygens (including phenoxy) is 1. The fourth-order valence-electron chi connectivity index (χ4n) is 2.05. The van der Waals surface area contributed by atoms with Crippen LogP contribution in [0.25, 0.3) is 11.0 Å². The van der Waals surface area contributed by atoms with E-state index in [1.165, 1.54) is 7.11 Å². The van der Waals surface area contributed by atoms with Gasteiger partial charge in [-0.3, -0.25) is 4.79 Å². The Hall–Kier alpha value is -2.04. The second-order valence-electron chi connectivity index (χ2n) is 4.29. The Labute approximate surface area is 104 Å². The normalized spacial score (nSPS) is 12.6. The molecule has 0 aliphatic heterocycles. The first-order valence-corrected chi connectivity index (χ1v) is 5.92. The zero-order valence-corrected chi connectivity index (χ0v) is 10.4. The number of imidazole rings is 1. The van der Waals surface area contributed by atoms with Crippen LogP contribution in [-0.2, 0) is 16.0 Å². The van der Waals surface area contributed by atoms with E-state index in [-0.39, 0.29) is 17.6 Å². The summed E-state index contributed by atoms with van der Waals surface area (Å²) in [7, 11) is 1.40. The first-order chi connectivity index (χ1) is 8.63. The lowest BCUT2D eigenvalue weighted by Crippen LogP contribution is -2.17. The molecular weight excluding hydrogens is 232 g/mol. The van der Waals surface area contributed by atoms with Gasteiger partial charge < -0.3 is 14.7 Å². The van der Waals surface area contributed by atoms with Crippen LogP contribution in [0.3, 0.4) is 0 Å². The van der Waals surface area contributed by atoms with E-state index in [0.717, 1.165) is 23.0 Å². The molecule has 1 atom stereocenters. The van der Waals surface area contributed by atoms with E-state index in [9.17, 15) is 9.59 Å². The molecule has 5 nitrogen and oxygen atoms in total. The van der Waals surface area contributed by atoms with Crippen LogP contribution in [0.4, 0.5) is 0 Å². The molecule has 1 aromatic heterocycles. The summed E-state index contributed by atoms with van der Waals surface area (Å²) in [6.45, 7) is 1.96. The standard InChI is InChI=1S/C13H16N2O3/c1-3-9(12(16)18-2)6-8-4-5-10-11(7-8)15-13(17)14-10/h4-5,7,9H,3,6H2,1-2H3,(H2,14,15,17). The van der Waals surface area contributed by atoms with E-state index in [1.54, 1.807) is 0 Å². The molecule has 0 spiro atoms. The molecule has 2 aromatic rings. The van der Waals surface area contributed by atoms with Gasteiger partial charge in [0.15, 0.2) is 0 Å². The van der Waals surface area contributed by atoms with Gasteiger partial charge in [-0.2, -0.15) is 0 Å². The van der Waals surface area contributed by atoms with Crippen LogP contribution in [0.2, 0.25) is 0 Å². The van der Waals surface area contributed by atoms with Crippen molar-refractivity contribution in [2.45, 2.75) is 19.8 Å². The lowest BCUT2D eigenvalue weighted by atomic mass is 9.97. The summed E-state index contributed by atoms with van der Waals surface area (Å²) in [5, 5.41) is 0. The van der Waals surface area contributed by atoms with Gasteiger partial charge in [-0.1, -0.05) is 13.0 Å². The van der Waals surface area contributed by atoms with Crippen LogP contribution in [0.1, 0.15) is 18.9 Å². The van der Waals surface area contributed by atoms with Gasteiger partial charge in [0.1, 0.15) is 0 Å². The number of methoxy groups -OCH3 is 1. The Bertz CT molecular complexity index is 612. The van der Waals surface area contributed by atoms with Crippen molar-refractivity contribution >= 4 is 17.0 Å². The van der Waals surface area contributed by atoms with Gasteiger partial charge >= 0.3 is 11.7 Å². The molecule has 0 fully saturated rings. The highest BCUT2D eigenvalue weighted by Crippen LogP contribution is 2.17. The van der Waals surface area contributed by atoms with E-state index in [2.05, 4.69) is 9.97 Å². The van der Waals surface area contributed by atoms with Gasteiger partial charge in [0.05, 0.1) is 24.1 Å². The molecule has 0 saturated heterocycles. The molecule has 1 unspecified atom stereocenters. The SMILES string of the molecule is CCC(Cc1ccc2[nH]c(=O)[nH]c2c1)C(=O)OC. The summed E-state index contributed by atoms with van der Waals surface area (Å²) in [5.74, 6) is -0.335. The highest BCUT2D eigenvalue weighted by molar-refractivity contribution is 5.76. The third kappa shape index (κ3) is 2.45. The number of benzene rings is 1. The Kier molecular flexibility index (Phi) is 3.50. The molecule has 0 amide bonds. The summed E-state index contributed by atoms with van der Waals surface area (Å²) in [4.78, 5) is 28.1. The Balaban J connectivity index is 2.25. The minimum atomic E-state index is -0.220. The average molecular weight is 248 g/mol. The maximum absolute atomic E-state index is 11.5. The van der Waals surface area contributed by atoms with Crippen molar-refractivity contribution in [3.8, 4) is 0 Å². The van der Waals surface area contributed by atoms with Crippen LogP contribution < -0.4 is 5.69 Å². The highest BCUT2D eigenvalue weighted by Gasteiger charge is 2.17. The van der Waals surface area contributed by atoms with E-state index in [0.29, 0.717) is 6.42 Å². The number of aromatic nitrogens is 2. The molecule has 0 bridgehead atoms. The zero-order chi connectivity index (χ0) is 13.1. The second-order valence-corrected chi connectivity index (χ2v) is 4.29. The molecule has 0 aliphatic rings. The van der Waals surface area contributed by atoms with Crippen molar-refractivity contribution in [2.24, 2.45) is 5.92 Å². The lowest BCUT2D eigenvalue weighted by Gasteiger charge is -2.12. The van der Waals surface area contributed by atoms with Gasteiger partial charge in [-0.05, 0) is 30.5 Å². The quantitative estimate of drug-likeness (QED) is 0.807. The number of carbonyl (C=O) groups excluding carboxylic acids is 1. The number of hydrogen-bond donors (Lipinski definition) is 2. The summed E-state index contributed by atoms with van der Waals surface area (Å²) >= 11 is 0. The monoisotopic (exact) mass is 248 g/mol. The smallest absolute Gasteiger partial charge is 0.323 e. The molecule has 1 heterocycles. The van der Waals surface area contributed by atoms with Crippen LogP contribution >= 0.6 is 0 Å². The molecule has 96 valence electrons. The van der Waals surface area contributed by atoms with E-state index in [1.807, 2.05) is 25.1 Å². The first-order valence-electron chi connectivity index (χ1n) is 5.92. The lowest BCUT2D eigenvalue weighted by molar-refractivity contribution is -0.145. The van der Waals surface area contributed by atoms with E-state index < -0.39 is 0 Å². The number of carbonyl (C=O) groups is 1. The maximum Gasteiger partial charge on any atom is 0.323 e. The van der Waals surface area contributed by atoms with Crippen LogP contribution in [0, 0.1) is 5.92 Å². The van der Waals surface area contributed by atoms with Gasteiger partial charge in [0.25, 0.3) is 0 Å². The highest BCUT2D eigenvalue weighted by atomic mass is 16.5. The number of H-pyrrole nitrogens is 2. The Morgan fingerprint density at radius 2 is 2.06 bits per heavy atom. The maximum atomic E-state index is 11.5. The second kappa shape index (κ2) is 5.08. The van der Waals surface area contributed by atoms with E-state index >= 15 is 0 Å². The van der Waals surface area contributed by atoms with Crippen LogP contribution in [0.5, 0.6) is 0 Å². The summed E-state index contributed by atoms with van der Waals surface area (Å²) in [6, 6.07) is 5.64. The fourth-order valence-corrected chi connectivity index (χ4v) is 2.05. The van der Waals surface area contributed by atoms with Crippen molar-refractivity contribution in [2.75, 3.05) is 7.11 Å². The summed E-state index contributed by atoms with van der Waals surface area (Å²) < 4.78 is 4.76. The topological polar surface area (TPSA) is 75.0 Å². The van der Waals surface area contributed by atoms with Crippen molar-refractivity contribution in [3.63, 3.8) is 0 Å². The average Bonchev–Trinajstić information content (AvgIpc) is 2.74. The van der Waals surface area contributed by atoms with Gasteiger partial charge in [0, 0.05) is 0 Å². The van der Waals surface area contributed by atoms with Crippen LogP contribution in [0.15, 0.2) is 23.0 Å². The van der Waals surface area contributed by atoms with Gasteiger partial charge in [0.2, 0.25) is 0 Å². The predicted molar refractivity (Wildman–Crippen MR) is 68.4 cm³/mol. The number of rotatable bonds is 4. The molecule has 0 aliphatic carbocycles. The number of nitrogens with one attached hydrogen (secondary N) is 2. The molecule has 0 saturated carbocycles. The zero-order valence-electron chi connectivity index (χ0n) is 10.4. The van der Waals surface area contributed by atoms with Crippen molar-refractivity contribution in [1.82, 2.24) is 9.97 Å². The number of fused-ring (bicyclic) bond motifs is 1. The molecule has 2 N–H and O–H groups in total. The molecule has 5 heteroatoms. The van der Waals surface area contributed by atoms with Gasteiger partial charge in [-0.15, -0.1) is 0 Å². The minimum Gasteiger partial charge on any atom is -0.469 e. The number of esters is 1.